The number of rotatable bonds is 9. The molecule has 0 radical (unpaired) electrons. The topological polar surface area (TPSA) is 86.2 Å². The molecule has 24 heavy (non-hydrogen) atoms. The Balaban J connectivity index is 1.97. The molecule has 0 fully saturated rings. The lowest BCUT2D eigenvalue weighted by molar-refractivity contribution is -0.124. The summed E-state index contributed by atoms with van der Waals surface area (Å²) in [4.78, 5) is 23.5. The average Bonchev–Trinajstić information content (AvgIpc) is 2.58. The highest BCUT2D eigenvalue weighted by atomic mass is 16.1. The first-order chi connectivity index (χ1) is 11.6. The summed E-state index contributed by atoms with van der Waals surface area (Å²) in [6.07, 6.45) is 2.30. The molecule has 0 aromatic heterocycles. The number of hydrogen-bond donors (Lipinski definition) is 2. The molecule has 0 aliphatic heterocycles. The maximum absolute atomic E-state index is 11.8. The summed E-state index contributed by atoms with van der Waals surface area (Å²) < 4.78 is 0. The van der Waals surface area contributed by atoms with E-state index >= 15 is 0 Å². The Kier molecular flexibility index (Phi) is 6.55. The summed E-state index contributed by atoms with van der Waals surface area (Å²) in [7, 11) is 0. The molecule has 2 aromatic rings. The van der Waals surface area contributed by atoms with E-state index in [4.69, 9.17) is 11.5 Å². The van der Waals surface area contributed by atoms with Crippen LogP contribution in [0.3, 0.4) is 0 Å². The van der Waals surface area contributed by atoms with Crippen molar-refractivity contribution in [1.29, 1.82) is 0 Å². The SMILES string of the molecule is NC(=O)[C@H](CC[C@@H](Cc1ccccc1)C(N)=O)Cc1ccccc1. The molecule has 0 saturated carbocycles. The van der Waals surface area contributed by atoms with Crippen LogP contribution in [0, 0.1) is 11.8 Å². The number of carbonyl (C=O) groups excluding carboxylic acids is 2. The highest BCUT2D eigenvalue weighted by Gasteiger charge is 2.21. The lowest BCUT2D eigenvalue weighted by atomic mass is 9.87. The zero-order valence-corrected chi connectivity index (χ0v) is 13.7. The van der Waals surface area contributed by atoms with E-state index in [-0.39, 0.29) is 23.7 Å². The minimum Gasteiger partial charge on any atom is -0.369 e. The van der Waals surface area contributed by atoms with Crippen molar-refractivity contribution in [2.75, 3.05) is 0 Å². The molecule has 0 spiro atoms. The monoisotopic (exact) mass is 324 g/mol. The highest BCUT2D eigenvalue weighted by molar-refractivity contribution is 5.78. The number of benzene rings is 2. The number of amides is 2. The number of carbonyl (C=O) groups is 2. The fourth-order valence-corrected chi connectivity index (χ4v) is 2.89. The van der Waals surface area contributed by atoms with Crippen molar-refractivity contribution >= 4 is 11.8 Å². The van der Waals surface area contributed by atoms with Crippen LogP contribution in [0.15, 0.2) is 60.7 Å². The van der Waals surface area contributed by atoms with Crippen LogP contribution in [0.2, 0.25) is 0 Å². The molecule has 2 atom stereocenters. The summed E-state index contributed by atoms with van der Waals surface area (Å²) in [5.74, 6) is -1.24. The molecule has 4 heteroatoms. The Bertz CT molecular complexity index is 596. The van der Waals surface area contributed by atoms with Crippen LogP contribution in [0.25, 0.3) is 0 Å². The third kappa shape index (κ3) is 5.54. The highest BCUT2D eigenvalue weighted by Crippen LogP contribution is 2.20. The molecular weight excluding hydrogens is 300 g/mol. The van der Waals surface area contributed by atoms with E-state index in [0.717, 1.165) is 11.1 Å². The molecule has 0 bridgehead atoms. The van der Waals surface area contributed by atoms with E-state index in [1.54, 1.807) is 0 Å². The van der Waals surface area contributed by atoms with Crippen molar-refractivity contribution in [2.45, 2.75) is 25.7 Å². The van der Waals surface area contributed by atoms with Gasteiger partial charge in [-0.15, -0.1) is 0 Å². The zero-order valence-electron chi connectivity index (χ0n) is 13.7. The second-order valence-corrected chi connectivity index (χ2v) is 6.16. The van der Waals surface area contributed by atoms with Gasteiger partial charge in [-0.2, -0.15) is 0 Å². The van der Waals surface area contributed by atoms with Crippen LogP contribution in [-0.2, 0) is 22.4 Å². The fraction of sp³-hybridized carbons (Fsp3) is 0.300. The quantitative estimate of drug-likeness (QED) is 0.742. The molecule has 0 unspecified atom stereocenters. The number of hydrogen-bond acceptors (Lipinski definition) is 2. The Morgan fingerprint density at radius 1 is 0.667 bits per heavy atom. The normalized spacial score (nSPS) is 13.2. The van der Waals surface area contributed by atoms with E-state index in [0.29, 0.717) is 25.7 Å². The third-order valence-electron chi connectivity index (χ3n) is 4.32. The predicted molar refractivity (Wildman–Crippen MR) is 94.9 cm³/mol. The van der Waals surface area contributed by atoms with E-state index in [2.05, 4.69) is 0 Å². The van der Waals surface area contributed by atoms with Crippen molar-refractivity contribution in [3.63, 3.8) is 0 Å². The minimum atomic E-state index is -0.332. The second-order valence-electron chi connectivity index (χ2n) is 6.16. The van der Waals surface area contributed by atoms with E-state index in [9.17, 15) is 9.59 Å². The van der Waals surface area contributed by atoms with Gasteiger partial charge in [0.1, 0.15) is 0 Å². The predicted octanol–water partition coefficient (Wildman–Crippen LogP) is 2.46. The van der Waals surface area contributed by atoms with Crippen LogP contribution < -0.4 is 11.5 Å². The summed E-state index contributed by atoms with van der Waals surface area (Å²) in [5, 5.41) is 0. The first-order valence-corrected chi connectivity index (χ1v) is 8.22. The van der Waals surface area contributed by atoms with Crippen molar-refractivity contribution in [3.8, 4) is 0 Å². The maximum Gasteiger partial charge on any atom is 0.220 e. The van der Waals surface area contributed by atoms with Gasteiger partial charge in [0.05, 0.1) is 0 Å². The lowest BCUT2D eigenvalue weighted by Crippen LogP contribution is -2.29. The molecular formula is C20H24N2O2. The van der Waals surface area contributed by atoms with Crippen LogP contribution in [-0.4, -0.2) is 11.8 Å². The van der Waals surface area contributed by atoms with Crippen molar-refractivity contribution < 1.29 is 9.59 Å². The molecule has 0 saturated heterocycles. The van der Waals surface area contributed by atoms with Gasteiger partial charge in [0.25, 0.3) is 0 Å². The first kappa shape index (κ1) is 17.7. The number of primary amides is 2. The summed E-state index contributed by atoms with van der Waals surface area (Å²) >= 11 is 0. The van der Waals surface area contributed by atoms with Gasteiger partial charge in [-0.1, -0.05) is 60.7 Å². The van der Waals surface area contributed by atoms with E-state index < -0.39 is 0 Å². The molecule has 0 aliphatic carbocycles. The van der Waals surface area contributed by atoms with Gasteiger partial charge in [0.15, 0.2) is 0 Å². The van der Waals surface area contributed by atoms with Gasteiger partial charge >= 0.3 is 0 Å². The third-order valence-corrected chi connectivity index (χ3v) is 4.32. The van der Waals surface area contributed by atoms with Gasteiger partial charge < -0.3 is 11.5 Å². The Labute approximate surface area is 142 Å². The van der Waals surface area contributed by atoms with Crippen molar-refractivity contribution in [2.24, 2.45) is 23.3 Å². The summed E-state index contributed by atoms with van der Waals surface area (Å²) in [6.45, 7) is 0. The van der Waals surface area contributed by atoms with Crippen molar-refractivity contribution in [3.05, 3.63) is 71.8 Å². The number of nitrogens with two attached hydrogens (primary N) is 2. The second kappa shape index (κ2) is 8.87. The van der Waals surface area contributed by atoms with Gasteiger partial charge in [-0.05, 0) is 36.8 Å². The first-order valence-electron chi connectivity index (χ1n) is 8.22. The van der Waals surface area contributed by atoms with Crippen LogP contribution in [0.1, 0.15) is 24.0 Å². The standard InChI is InChI=1S/C20H24N2O2/c21-19(23)17(13-15-7-3-1-4-8-15)11-12-18(20(22)24)14-16-9-5-2-6-10-16/h1-10,17-18H,11-14H2,(H2,21,23)(H2,22,24)/t17-,18+. The zero-order chi connectivity index (χ0) is 17.4. The van der Waals surface area contributed by atoms with Crippen LogP contribution >= 0.6 is 0 Å². The van der Waals surface area contributed by atoms with E-state index in [1.807, 2.05) is 60.7 Å². The maximum atomic E-state index is 11.8. The molecule has 2 amide bonds. The molecule has 0 heterocycles. The van der Waals surface area contributed by atoms with Gasteiger partial charge in [-0.3, -0.25) is 9.59 Å². The minimum absolute atomic E-state index is 0.287. The Morgan fingerprint density at radius 2 is 1.00 bits per heavy atom. The molecule has 4 nitrogen and oxygen atoms in total. The smallest absolute Gasteiger partial charge is 0.220 e. The van der Waals surface area contributed by atoms with Gasteiger partial charge in [-0.25, -0.2) is 0 Å². The summed E-state index contributed by atoms with van der Waals surface area (Å²) in [6, 6.07) is 19.5. The molecule has 126 valence electrons. The van der Waals surface area contributed by atoms with Crippen LogP contribution in [0.4, 0.5) is 0 Å². The molecule has 2 rings (SSSR count). The summed E-state index contributed by atoms with van der Waals surface area (Å²) in [5.41, 5.74) is 13.2. The fourth-order valence-electron chi connectivity index (χ4n) is 2.89. The molecule has 0 aliphatic rings. The Hall–Kier alpha value is -2.62. The van der Waals surface area contributed by atoms with Gasteiger partial charge in [0.2, 0.25) is 11.8 Å². The largest absolute Gasteiger partial charge is 0.369 e. The average molecular weight is 324 g/mol. The van der Waals surface area contributed by atoms with Crippen LogP contribution in [0.5, 0.6) is 0 Å². The molecule has 4 N–H and O–H groups in total. The molecule has 2 aromatic carbocycles. The Morgan fingerprint density at radius 3 is 1.29 bits per heavy atom. The van der Waals surface area contributed by atoms with Gasteiger partial charge in [0, 0.05) is 11.8 Å². The lowest BCUT2D eigenvalue weighted by Gasteiger charge is -2.18. The van der Waals surface area contributed by atoms with Crippen molar-refractivity contribution in [1.82, 2.24) is 0 Å². The van der Waals surface area contributed by atoms with E-state index in [1.165, 1.54) is 0 Å².